The van der Waals surface area contributed by atoms with E-state index in [1.807, 2.05) is 0 Å². The first-order valence-electron chi connectivity index (χ1n) is 8.80. The first kappa shape index (κ1) is 22.7. The molecule has 1 aromatic carbocycles. The lowest BCUT2D eigenvalue weighted by molar-refractivity contribution is -0.142. The quantitative estimate of drug-likeness (QED) is 0.447. The maximum Gasteiger partial charge on any atom is 0.326 e. The highest BCUT2D eigenvalue weighted by Crippen LogP contribution is 2.34. The number of hydrogen-bond donors (Lipinski definition) is 2. The second-order valence-electron chi connectivity index (χ2n) is 6.06. The highest BCUT2D eigenvalue weighted by molar-refractivity contribution is 8.26. The normalized spacial score (nSPS) is 16.1. The Kier molecular flexibility index (Phi) is 8.03. The van der Waals surface area contributed by atoms with Gasteiger partial charge in [-0.25, -0.2) is 4.79 Å². The van der Waals surface area contributed by atoms with Crippen molar-refractivity contribution in [2.75, 3.05) is 20.8 Å². The van der Waals surface area contributed by atoms with Gasteiger partial charge in [-0.3, -0.25) is 14.5 Å². The maximum atomic E-state index is 12.7. The summed E-state index contributed by atoms with van der Waals surface area (Å²) in [6, 6.07) is 4.33. The maximum absolute atomic E-state index is 12.7. The van der Waals surface area contributed by atoms with E-state index in [1.165, 1.54) is 19.1 Å². The summed E-state index contributed by atoms with van der Waals surface area (Å²) in [5, 5.41) is 11.4. The van der Waals surface area contributed by atoms with Crippen LogP contribution in [0.3, 0.4) is 0 Å². The van der Waals surface area contributed by atoms with Crippen LogP contribution in [0.25, 0.3) is 6.08 Å². The van der Waals surface area contributed by atoms with Gasteiger partial charge in [-0.1, -0.05) is 37.0 Å². The molecule has 1 saturated heterocycles. The van der Waals surface area contributed by atoms with Crippen LogP contribution in [0, 0.1) is 0 Å². The van der Waals surface area contributed by atoms with E-state index in [4.69, 9.17) is 26.8 Å². The molecule has 29 heavy (non-hydrogen) atoms. The molecular weight excluding hydrogens is 416 g/mol. The van der Waals surface area contributed by atoms with E-state index in [0.717, 1.165) is 17.3 Å². The van der Waals surface area contributed by atoms with E-state index < -0.39 is 17.9 Å². The average molecular weight is 439 g/mol. The third kappa shape index (κ3) is 5.70. The number of amides is 2. The lowest BCUT2D eigenvalue weighted by atomic mass is 10.2. The smallest absolute Gasteiger partial charge is 0.326 e. The molecule has 2 N–H and O–H groups in total. The number of thioether (sulfide) groups is 1. The van der Waals surface area contributed by atoms with Crippen molar-refractivity contribution < 1.29 is 29.0 Å². The second-order valence-corrected chi connectivity index (χ2v) is 7.74. The van der Waals surface area contributed by atoms with Crippen LogP contribution >= 0.6 is 24.0 Å². The van der Waals surface area contributed by atoms with Crippen LogP contribution in [0.1, 0.15) is 25.3 Å². The standard InChI is InChI=1S/C19H22N2O6S2/c1-4-12(18(24)25)20-16(22)7-8-21-17(23)15(29-19(21)28)10-11-5-6-13(26-2)14(9-11)27-3/h5-6,9-10,12H,4,7-8H2,1-3H3,(H,20,22)(H,24,25). The molecule has 1 aliphatic heterocycles. The number of nitrogens with one attached hydrogen (secondary N) is 1. The summed E-state index contributed by atoms with van der Waals surface area (Å²) < 4.78 is 10.8. The third-order valence-corrected chi connectivity index (χ3v) is 5.56. The number of thiocarbonyl (C=S) groups is 1. The van der Waals surface area contributed by atoms with Crippen molar-refractivity contribution in [2.45, 2.75) is 25.8 Å². The molecule has 156 valence electrons. The van der Waals surface area contributed by atoms with Gasteiger partial charge in [-0.2, -0.15) is 0 Å². The summed E-state index contributed by atoms with van der Waals surface area (Å²) in [5.41, 5.74) is 0.744. The molecule has 0 radical (unpaired) electrons. The van der Waals surface area contributed by atoms with Gasteiger partial charge in [0.05, 0.1) is 19.1 Å². The molecule has 1 aromatic rings. The Labute approximate surface area is 178 Å². The summed E-state index contributed by atoms with van der Waals surface area (Å²) >= 11 is 6.41. The first-order chi connectivity index (χ1) is 13.8. The zero-order chi connectivity index (χ0) is 21.6. The summed E-state index contributed by atoms with van der Waals surface area (Å²) in [4.78, 5) is 37.4. The lowest BCUT2D eigenvalue weighted by Gasteiger charge is -2.16. The molecule has 0 saturated carbocycles. The second kappa shape index (κ2) is 10.3. The third-order valence-electron chi connectivity index (χ3n) is 4.18. The topological polar surface area (TPSA) is 105 Å². The number of rotatable bonds is 9. The molecule has 8 nitrogen and oxygen atoms in total. The minimum Gasteiger partial charge on any atom is -0.493 e. The Balaban J connectivity index is 2.05. The minimum atomic E-state index is -1.09. The van der Waals surface area contributed by atoms with Crippen LogP contribution in [0.2, 0.25) is 0 Å². The highest BCUT2D eigenvalue weighted by Gasteiger charge is 2.32. The number of carbonyl (C=O) groups excluding carboxylic acids is 2. The molecule has 2 amide bonds. The molecule has 0 spiro atoms. The van der Waals surface area contributed by atoms with Crippen molar-refractivity contribution in [2.24, 2.45) is 0 Å². The molecule has 1 fully saturated rings. The molecule has 1 unspecified atom stereocenters. The number of ether oxygens (including phenoxy) is 2. The molecule has 10 heteroatoms. The molecule has 1 heterocycles. The van der Waals surface area contributed by atoms with Crippen LogP contribution < -0.4 is 14.8 Å². The SMILES string of the molecule is CCC(NC(=O)CCN1C(=O)C(=Cc2ccc(OC)c(OC)c2)SC1=S)C(=O)O. The first-order valence-corrected chi connectivity index (χ1v) is 10.0. The van der Waals surface area contributed by atoms with Gasteiger partial charge in [-0.15, -0.1) is 0 Å². The summed E-state index contributed by atoms with van der Waals surface area (Å²) in [6.07, 6.45) is 1.93. The van der Waals surface area contributed by atoms with Gasteiger partial charge in [0, 0.05) is 13.0 Å². The number of nitrogens with zero attached hydrogens (tertiary/aromatic N) is 1. The Bertz CT molecular complexity index is 855. The summed E-state index contributed by atoms with van der Waals surface area (Å²) in [6.45, 7) is 1.75. The molecule has 1 atom stereocenters. The van der Waals surface area contributed by atoms with E-state index in [-0.39, 0.29) is 25.3 Å². The number of methoxy groups -OCH3 is 2. The molecule has 1 aliphatic rings. The molecule has 0 bridgehead atoms. The van der Waals surface area contributed by atoms with Crippen LogP contribution in [0.15, 0.2) is 23.1 Å². The number of aliphatic carboxylic acids is 1. The van der Waals surface area contributed by atoms with Gasteiger partial charge < -0.3 is 19.9 Å². The Morgan fingerprint density at radius 2 is 2.00 bits per heavy atom. The number of carboxylic acids is 1. The van der Waals surface area contributed by atoms with Crippen LogP contribution in [0.4, 0.5) is 0 Å². The van der Waals surface area contributed by atoms with Gasteiger partial charge in [0.25, 0.3) is 5.91 Å². The molecule has 0 aliphatic carbocycles. The van der Waals surface area contributed by atoms with E-state index in [9.17, 15) is 14.4 Å². The molecular formula is C19H22N2O6S2. The Hall–Kier alpha value is -2.59. The molecule has 0 aromatic heterocycles. The van der Waals surface area contributed by atoms with Gasteiger partial charge in [0.15, 0.2) is 11.5 Å². The van der Waals surface area contributed by atoms with Crippen LogP contribution in [-0.4, -0.2) is 58.9 Å². The number of benzene rings is 1. The van der Waals surface area contributed by atoms with Crippen LogP contribution in [-0.2, 0) is 14.4 Å². The fourth-order valence-electron chi connectivity index (χ4n) is 2.61. The predicted molar refractivity (Wildman–Crippen MR) is 114 cm³/mol. The van der Waals surface area contributed by atoms with Crippen molar-refractivity contribution in [3.63, 3.8) is 0 Å². The minimum absolute atomic E-state index is 0.0418. The van der Waals surface area contributed by atoms with Gasteiger partial charge in [0.2, 0.25) is 5.91 Å². The zero-order valence-corrected chi connectivity index (χ0v) is 17.9. The van der Waals surface area contributed by atoms with Crippen molar-refractivity contribution in [3.05, 3.63) is 28.7 Å². The molecule has 2 rings (SSSR count). The van der Waals surface area contributed by atoms with Crippen molar-refractivity contribution in [1.82, 2.24) is 10.2 Å². The lowest BCUT2D eigenvalue weighted by Crippen LogP contribution is -2.42. The van der Waals surface area contributed by atoms with E-state index in [1.54, 1.807) is 31.2 Å². The monoisotopic (exact) mass is 438 g/mol. The van der Waals surface area contributed by atoms with Crippen molar-refractivity contribution >= 4 is 52.2 Å². The fourth-order valence-corrected chi connectivity index (χ4v) is 3.91. The van der Waals surface area contributed by atoms with E-state index in [0.29, 0.717) is 20.7 Å². The van der Waals surface area contributed by atoms with Crippen LogP contribution in [0.5, 0.6) is 11.5 Å². The predicted octanol–water partition coefficient (Wildman–Crippen LogP) is 2.27. The summed E-state index contributed by atoms with van der Waals surface area (Å²) in [7, 11) is 3.07. The number of carboxylic acid groups (broad SMARTS) is 1. The summed E-state index contributed by atoms with van der Waals surface area (Å²) in [5.74, 6) is -0.721. The number of carbonyl (C=O) groups is 3. The van der Waals surface area contributed by atoms with E-state index >= 15 is 0 Å². The van der Waals surface area contributed by atoms with Crippen molar-refractivity contribution in [3.8, 4) is 11.5 Å². The average Bonchev–Trinajstić information content (AvgIpc) is 2.96. The van der Waals surface area contributed by atoms with Gasteiger partial charge in [0.1, 0.15) is 10.4 Å². The largest absolute Gasteiger partial charge is 0.493 e. The fraction of sp³-hybridized carbons (Fsp3) is 0.368. The van der Waals surface area contributed by atoms with Gasteiger partial charge in [-0.05, 0) is 30.2 Å². The Morgan fingerprint density at radius 3 is 2.59 bits per heavy atom. The van der Waals surface area contributed by atoms with Crippen molar-refractivity contribution in [1.29, 1.82) is 0 Å². The highest BCUT2D eigenvalue weighted by atomic mass is 32.2. The van der Waals surface area contributed by atoms with E-state index in [2.05, 4.69) is 5.32 Å². The Morgan fingerprint density at radius 1 is 1.31 bits per heavy atom. The zero-order valence-electron chi connectivity index (χ0n) is 16.3. The van der Waals surface area contributed by atoms with Gasteiger partial charge >= 0.3 is 5.97 Å². The number of hydrogen-bond acceptors (Lipinski definition) is 7.